The maximum atomic E-state index is 12.2. The molecule has 96 valence electrons. The number of anilines is 1. The van der Waals surface area contributed by atoms with Crippen LogP contribution in [0.5, 0.6) is 0 Å². The van der Waals surface area contributed by atoms with Crippen LogP contribution in [0.4, 0.5) is 18.9 Å². The summed E-state index contributed by atoms with van der Waals surface area (Å²) < 4.78 is 36.7. The van der Waals surface area contributed by atoms with Crippen molar-refractivity contribution in [1.82, 2.24) is 0 Å². The van der Waals surface area contributed by atoms with Gasteiger partial charge in [-0.3, -0.25) is 0 Å². The van der Waals surface area contributed by atoms with Crippen LogP contribution < -0.4 is 10.6 Å². The molecule has 6 heteroatoms. The Balaban J connectivity index is 2.92. The molecule has 0 heterocycles. The van der Waals surface area contributed by atoms with Gasteiger partial charge in [0, 0.05) is 13.1 Å². The molecular formula is C11H14ClF3N2. The van der Waals surface area contributed by atoms with Crippen LogP contribution in [0.25, 0.3) is 0 Å². The second-order valence-electron chi connectivity index (χ2n) is 3.97. The van der Waals surface area contributed by atoms with Gasteiger partial charge in [0.1, 0.15) is 6.54 Å². The van der Waals surface area contributed by atoms with Gasteiger partial charge >= 0.3 is 6.18 Å². The number of halogens is 4. The molecule has 1 unspecified atom stereocenters. The minimum absolute atomic E-state index is 0.200. The van der Waals surface area contributed by atoms with E-state index in [9.17, 15) is 13.2 Å². The topological polar surface area (TPSA) is 29.3 Å². The lowest BCUT2D eigenvalue weighted by atomic mass is 10.1. The van der Waals surface area contributed by atoms with Crippen LogP contribution in [0.1, 0.15) is 18.5 Å². The first-order chi connectivity index (χ1) is 7.70. The number of alkyl halides is 3. The van der Waals surface area contributed by atoms with E-state index in [2.05, 4.69) is 0 Å². The Hall–Kier alpha value is -0.940. The largest absolute Gasteiger partial charge is 0.405 e. The van der Waals surface area contributed by atoms with Crippen LogP contribution in [-0.2, 0) is 0 Å². The fourth-order valence-electron chi connectivity index (χ4n) is 1.47. The molecule has 2 nitrogen and oxygen atoms in total. The zero-order chi connectivity index (χ0) is 13.2. The fourth-order valence-corrected chi connectivity index (χ4v) is 1.80. The van der Waals surface area contributed by atoms with Gasteiger partial charge in [-0.25, -0.2) is 0 Å². The van der Waals surface area contributed by atoms with Crippen molar-refractivity contribution in [3.8, 4) is 0 Å². The molecule has 0 saturated heterocycles. The Morgan fingerprint density at radius 3 is 2.41 bits per heavy atom. The van der Waals surface area contributed by atoms with Crippen LogP contribution in [0.3, 0.4) is 0 Å². The summed E-state index contributed by atoms with van der Waals surface area (Å²) in [6.45, 7) is 0.745. The summed E-state index contributed by atoms with van der Waals surface area (Å²) in [5.74, 6) is 0. The molecule has 1 aromatic carbocycles. The standard InChI is InChI=1S/C11H14ClF3N2/c1-7(16)8-3-4-10(9(12)5-8)17(2)6-11(13,14)15/h3-5,7H,6,16H2,1-2H3. The minimum Gasteiger partial charge on any atom is -0.365 e. The Kier molecular flexibility index (Phi) is 4.27. The third kappa shape index (κ3) is 4.09. The number of rotatable bonds is 3. The van der Waals surface area contributed by atoms with Crippen molar-refractivity contribution >= 4 is 17.3 Å². The first kappa shape index (κ1) is 14.1. The Morgan fingerprint density at radius 1 is 1.41 bits per heavy atom. The first-order valence-electron chi connectivity index (χ1n) is 5.03. The van der Waals surface area contributed by atoms with E-state index in [1.165, 1.54) is 7.05 Å². The summed E-state index contributed by atoms with van der Waals surface area (Å²) >= 11 is 5.93. The van der Waals surface area contributed by atoms with E-state index in [0.29, 0.717) is 5.69 Å². The molecule has 0 spiro atoms. The lowest BCUT2D eigenvalue weighted by Gasteiger charge is -2.22. The molecule has 1 atom stereocenters. The summed E-state index contributed by atoms with van der Waals surface area (Å²) in [6.07, 6.45) is -4.25. The highest BCUT2D eigenvalue weighted by molar-refractivity contribution is 6.33. The zero-order valence-electron chi connectivity index (χ0n) is 9.55. The van der Waals surface area contributed by atoms with Gasteiger partial charge in [0.15, 0.2) is 0 Å². The summed E-state index contributed by atoms with van der Waals surface area (Å²) in [5, 5.41) is 0.270. The van der Waals surface area contributed by atoms with Crippen molar-refractivity contribution in [3.05, 3.63) is 28.8 Å². The highest BCUT2D eigenvalue weighted by atomic mass is 35.5. The molecule has 0 saturated carbocycles. The molecule has 1 aromatic rings. The van der Waals surface area contributed by atoms with E-state index in [4.69, 9.17) is 17.3 Å². The van der Waals surface area contributed by atoms with Crippen molar-refractivity contribution in [1.29, 1.82) is 0 Å². The molecule has 2 N–H and O–H groups in total. The van der Waals surface area contributed by atoms with Gasteiger partial charge in [-0.1, -0.05) is 17.7 Å². The molecule has 0 fully saturated rings. The van der Waals surface area contributed by atoms with Gasteiger partial charge in [-0.15, -0.1) is 0 Å². The van der Waals surface area contributed by atoms with E-state index in [1.54, 1.807) is 25.1 Å². The summed E-state index contributed by atoms with van der Waals surface area (Å²) in [5.41, 5.74) is 6.79. The molecule has 0 aliphatic rings. The van der Waals surface area contributed by atoms with Crippen LogP contribution >= 0.6 is 11.6 Å². The summed E-state index contributed by atoms with van der Waals surface area (Å²) in [4.78, 5) is 1.06. The van der Waals surface area contributed by atoms with Crippen molar-refractivity contribution in [2.45, 2.75) is 19.1 Å². The van der Waals surface area contributed by atoms with E-state index in [0.717, 1.165) is 10.5 Å². The molecular weight excluding hydrogens is 253 g/mol. The molecule has 1 rings (SSSR count). The number of hydrogen-bond donors (Lipinski definition) is 1. The number of benzene rings is 1. The third-order valence-electron chi connectivity index (χ3n) is 2.33. The second kappa shape index (κ2) is 5.14. The van der Waals surface area contributed by atoms with Gasteiger partial charge in [-0.2, -0.15) is 13.2 Å². The van der Waals surface area contributed by atoms with E-state index >= 15 is 0 Å². The van der Waals surface area contributed by atoms with Gasteiger partial charge in [0.25, 0.3) is 0 Å². The molecule has 0 radical (unpaired) electrons. The normalized spacial score (nSPS) is 13.6. The van der Waals surface area contributed by atoms with Crippen molar-refractivity contribution in [2.24, 2.45) is 5.73 Å². The van der Waals surface area contributed by atoms with Crippen LogP contribution in [0, 0.1) is 0 Å². The van der Waals surface area contributed by atoms with Gasteiger partial charge in [0.05, 0.1) is 10.7 Å². The Labute approximate surface area is 103 Å². The molecule has 0 aliphatic heterocycles. The quantitative estimate of drug-likeness (QED) is 0.909. The van der Waals surface area contributed by atoms with E-state index in [1.807, 2.05) is 0 Å². The van der Waals surface area contributed by atoms with Crippen LogP contribution in [0.15, 0.2) is 18.2 Å². The monoisotopic (exact) mass is 266 g/mol. The van der Waals surface area contributed by atoms with Crippen molar-refractivity contribution < 1.29 is 13.2 Å². The summed E-state index contributed by atoms with van der Waals surface area (Å²) in [6, 6.07) is 4.62. The highest BCUT2D eigenvalue weighted by Gasteiger charge is 2.30. The number of nitrogens with two attached hydrogens (primary N) is 1. The van der Waals surface area contributed by atoms with Crippen molar-refractivity contribution in [3.63, 3.8) is 0 Å². The highest BCUT2D eigenvalue weighted by Crippen LogP contribution is 2.29. The smallest absolute Gasteiger partial charge is 0.365 e. The maximum Gasteiger partial charge on any atom is 0.405 e. The lowest BCUT2D eigenvalue weighted by molar-refractivity contribution is -0.119. The Morgan fingerprint density at radius 2 is 2.00 bits per heavy atom. The van der Waals surface area contributed by atoms with Crippen LogP contribution in [0.2, 0.25) is 5.02 Å². The fraction of sp³-hybridized carbons (Fsp3) is 0.455. The van der Waals surface area contributed by atoms with Crippen molar-refractivity contribution in [2.75, 3.05) is 18.5 Å². The second-order valence-corrected chi connectivity index (χ2v) is 4.38. The minimum atomic E-state index is -4.25. The predicted molar refractivity (Wildman–Crippen MR) is 63.4 cm³/mol. The Bertz CT molecular complexity index is 391. The zero-order valence-corrected chi connectivity index (χ0v) is 10.3. The molecule has 0 bridgehead atoms. The average Bonchev–Trinajstić information content (AvgIpc) is 2.14. The molecule has 0 amide bonds. The van der Waals surface area contributed by atoms with Gasteiger partial charge in [0.2, 0.25) is 0 Å². The maximum absolute atomic E-state index is 12.2. The van der Waals surface area contributed by atoms with Crippen LogP contribution in [-0.4, -0.2) is 19.8 Å². The molecule has 17 heavy (non-hydrogen) atoms. The molecule has 0 aliphatic carbocycles. The number of nitrogens with zero attached hydrogens (tertiary/aromatic N) is 1. The predicted octanol–water partition coefficient (Wildman–Crippen LogP) is 3.36. The third-order valence-corrected chi connectivity index (χ3v) is 2.63. The molecule has 0 aromatic heterocycles. The SMILES string of the molecule is CC(N)c1ccc(N(C)CC(F)(F)F)c(Cl)c1. The van der Waals surface area contributed by atoms with E-state index < -0.39 is 12.7 Å². The first-order valence-corrected chi connectivity index (χ1v) is 5.41. The van der Waals surface area contributed by atoms with Gasteiger partial charge in [-0.05, 0) is 24.6 Å². The van der Waals surface area contributed by atoms with E-state index in [-0.39, 0.29) is 11.1 Å². The average molecular weight is 267 g/mol. The summed E-state index contributed by atoms with van der Waals surface area (Å²) in [7, 11) is 1.35. The number of hydrogen-bond acceptors (Lipinski definition) is 2. The van der Waals surface area contributed by atoms with Gasteiger partial charge < -0.3 is 10.6 Å². The lowest BCUT2D eigenvalue weighted by Crippen LogP contribution is -2.31.